The number of rotatable bonds is 6. The second-order valence-electron chi connectivity index (χ2n) is 5.68. The molecular formula is C19H17IN2O4. The van der Waals surface area contributed by atoms with E-state index in [9.17, 15) is 15.4 Å². The van der Waals surface area contributed by atoms with Crippen LogP contribution in [0.2, 0.25) is 0 Å². The second kappa shape index (κ2) is 8.67. The molecule has 0 aliphatic heterocycles. The number of halogens is 1. The molecule has 0 radical (unpaired) electrons. The summed E-state index contributed by atoms with van der Waals surface area (Å²) in [5.74, 6) is 1.21. The van der Waals surface area contributed by atoms with Crippen molar-refractivity contribution in [2.45, 2.75) is 20.0 Å². The number of hydrogen-bond donors (Lipinski definition) is 0. The Bertz CT molecular complexity index is 901. The molecule has 0 aromatic heterocycles. The largest absolute Gasteiger partial charge is 0.493 e. The molecule has 0 saturated heterocycles. The monoisotopic (exact) mass is 464 g/mol. The number of nitro benzene ring substituents is 1. The van der Waals surface area contributed by atoms with Gasteiger partial charge in [0.05, 0.1) is 33.3 Å². The van der Waals surface area contributed by atoms with Crippen LogP contribution in [0.5, 0.6) is 11.5 Å². The number of nitriles is 1. The standard InChI is InChI=1S/C19H17IN2O4/c1-12(2)26-19-17(20)8-13(9-18(19)25-3)7-15(11-21)14-5-4-6-16(10-14)22(23)24/h4-10,12H,1-3H3/b15-7-. The summed E-state index contributed by atoms with van der Waals surface area (Å²) in [5.41, 5.74) is 1.49. The van der Waals surface area contributed by atoms with E-state index in [1.165, 1.54) is 12.1 Å². The van der Waals surface area contributed by atoms with Gasteiger partial charge in [-0.3, -0.25) is 10.1 Å². The Balaban J connectivity index is 2.50. The maximum Gasteiger partial charge on any atom is 0.270 e. The van der Waals surface area contributed by atoms with E-state index in [0.717, 1.165) is 9.13 Å². The Morgan fingerprint density at radius 3 is 2.65 bits per heavy atom. The van der Waals surface area contributed by atoms with E-state index in [4.69, 9.17) is 9.47 Å². The molecule has 0 N–H and O–H groups in total. The van der Waals surface area contributed by atoms with Gasteiger partial charge >= 0.3 is 0 Å². The summed E-state index contributed by atoms with van der Waals surface area (Å²) in [6.45, 7) is 3.86. The lowest BCUT2D eigenvalue weighted by atomic mass is 10.0. The molecule has 0 heterocycles. The summed E-state index contributed by atoms with van der Waals surface area (Å²) in [4.78, 5) is 10.5. The summed E-state index contributed by atoms with van der Waals surface area (Å²) < 4.78 is 12.0. The summed E-state index contributed by atoms with van der Waals surface area (Å²) >= 11 is 2.15. The Hall–Kier alpha value is -2.60. The lowest BCUT2D eigenvalue weighted by Gasteiger charge is -2.16. The van der Waals surface area contributed by atoms with Crippen LogP contribution in [0, 0.1) is 25.0 Å². The zero-order chi connectivity index (χ0) is 19.3. The number of allylic oxidation sites excluding steroid dienone is 1. The van der Waals surface area contributed by atoms with Gasteiger partial charge in [-0.15, -0.1) is 0 Å². The molecule has 2 aromatic carbocycles. The average molecular weight is 464 g/mol. The number of non-ortho nitro benzene ring substituents is 1. The number of methoxy groups -OCH3 is 1. The first-order valence-corrected chi connectivity index (χ1v) is 8.84. The van der Waals surface area contributed by atoms with Crippen molar-refractivity contribution in [3.8, 4) is 17.6 Å². The van der Waals surface area contributed by atoms with Crippen LogP contribution in [0.4, 0.5) is 5.69 Å². The Kier molecular flexibility index (Phi) is 6.58. The number of ether oxygens (including phenoxy) is 2. The van der Waals surface area contributed by atoms with Gasteiger partial charge in [-0.2, -0.15) is 5.26 Å². The van der Waals surface area contributed by atoms with E-state index < -0.39 is 4.92 Å². The molecule has 6 nitrogen and oxygen atoms in total. The Morgan fingerprint density at radius 1 is 1.35 bits per heavy atom. The fraction of sp³-hybridized carbons (Fsp3) is 0.211. The fourth-order valence-electron chi connectivity index (χ4n) is 2.31. The van der Waals surface area contributed by atoms with Crippen LogP contribution in [0.3, 0.4) is 0 Å². The van der Waals surface area contributed by atoms with Crippen molar-refractivity contribution in [2.75, 3.05) is 7.11 Å². The van der Waals surface area contributed by atoms with E-state index in [0.29, 0.717) is 22.6 Å². The molecule has 0 amide bonds. The lowest BCUT2D eigenvalue weighted by molar-refractivity contribution is -0.384. The first kappa shape index (κ1) is 19.7. The van der Waals surface area contributed by atoms with Crippen molar-refractivity contribution < 1.29 is 14.4 Å². The number of benzene rings is 2. The number of nitrogens with zero attached hydrogens (tertiary/aromatic N) is 2. The van der Waals surface area contributed by atoms with Gasteiger partial charge in [0.15, 0.2) is 11.5 Å². The van der Waals surface area contributed by atoms with Gasteiger partial charge in [-0.05, 0) is 65.8 Å². The van der Waals surface area contributed by atoms with E-state index in [2.05, 4.69) is 28.7 Å². The highest BCUT2D eigenvalue weighted by Crippen LogP contribution is 2.36. The zero-order valence-electron chi connectivity index (χ0n) is 14.5. The highest BCUT2D eigenvalue weighted by molar-refractivity contribution is 14.1. The van der Waals surface area contributed by atoms with Gasteiger partial charge < -0.3 is 9.47 Å². The first-order chi connectivity index (χ1) is 12.3. The molecule has 0 aliphatic rings. The summed E-state index contributed by atoms with van der Waals surface area (Å²) in [5, 5.41) is 20.4. The summed E-state index contributed by atoms with van der Waals surface area (Å²) in [6.07, 6.45) is 1.67. The van der Waals surface area contributed by atoms with Gasteiger partial charge in [-0.1, -0.05) is 12.1 Å². The molecule has 2 aromatic rings. The maximum atomic E-state index is 10.9. The highest BCUT2D eigenvalue weighted by atomic mass is 127. The van der Waals surface area contributed by atoms with Gasteiger partial charge in [-0.25, -0.2) is 0 Å². The zero-order valence-corrected chi connectivity index (χ0v) is 16.7. The van der Waals surface area contributed by atoms with Crippen molar-refractivity contribution >= 4 is 39.9 Å². The summed E-state index contributed by atoms with van der Waals surface area (Å²) in [7, 11) is 1.55. The minimum atomic E-state index is -0.484. The minimum absolute atomic E-state index is 0.00153. The quantitative estimate of drug-likeness (QED) is 0.196. The van der Waals surface area contributed by atoms with Crippen LogP contribution >= 0.6 is 22.6 Å². The third kappa shape index (κ3) is 4.73. The van der Waals surface area contributed by atoms with Crippen LogP contribution in [0.15, 0.2) is 36.4 Å². The maximum absolute atomic E-state index is 10.9. The first-order valence-electron chi connectivity index (χ1n) is 7.76. The normalized spacial score (nSPS) is 11.2. The molecule has 0 aliphatic carbocycles. The van der Waals surface area contributed by atoms with Crippen molar-refractivity contribution in [1.82, 2.24) is 0 Å². The molecule has 134 valence electrons. The van der Waals surface area contributed by atoms with Crippen molar-refractivity contribution in [3.63, 3.8) is 0 Å². The molecule has 0 unspecified atom stereocenters. The average Bonchev–Trinajstić information content (AvgIpc) is 2.61. The predicted octanol–water partition coefficient (Wildman–Crippen LogP) is 5.06. The highest BCUT2D eigenvalue weighted by Gasteiger charge is 2.14. The molecule has 7 heteroatoms. The van der Waals surface area contributed by atoms with Gasteiger partial charge in [0, 0.05) is 12.1 Å². The Labute approximate surface area is 165 Å². The second-order valence-corrected chi connectivity index (χ2v) is 6.84. The van der Waals surface area contributed by atoms with Crippen molar-refractivity contribution in [1.29, 1.82) is 5.26 Å². The SMILES string of the molecule is COc1cc(/C=C(/C#N)c2cccc([N+](=O)[O-])c2)cc(I)c1OC(C)C. The molecule has 2 rings (SSSR count). The summed E-state index contributed by atoms with van der Waals surface area (Å²) in [6, 6.07) is 11.7. The van der Waals surface area contributed by atoms with Crippen LogP contribution < -0.4 is 9.47 Å². The van der Waals surface area contributed by atoms with Crippen LogP contribution in [-0.2, 0) is 0 Å². The molecule has 0 spiro atoms. The van der Waals surface area contributed by atoms with Crippen molar-refractivity contribution in [2.24, 2.45) is 0 Å². The minimum Gasteiger partial charge on any atom is -0.493 e. The fourth-order valence-corrected chi connectivity index (χ4v) is 3.06. The van der Waals surface area contributed by atoms with E-state index in [1.807, 2.05) is 19.9 Å². The number of hydrogen-bond acceptors (Lipinski definition) is 5. The number of nitro groups is 1. The Morgan fingerprint density at radius 2 is 2.08 bits per heavy atom. The third-order valence-corrected chi connectivity index (χ3v) is 4.21. The van der Waals surface area contributed by atoms with E-state index in [1.54, 1.807) is 31.4 Å². The molecule has 26 heavy (non-hydrogen) atoms. The van der Waals surface area contributed by atoms with Crippen LogP contribution in [0.1, 0.15) is 25.0 Å². The predicted molar refractivity (Wildman–Crippen MR) is 108 cm³/mol. The topological polar surface area (TPSA) is 85.4 Å². The smallest absolute Gasteiger partial charge is 0.270 e. The van der Waals surface area contributed by atoms with Gasteiger partial charge in [0.1, 0.15) is 0 Å². The van der Waals surface area contributed by atoms with Crippen LogP contribution in [0.25, 0.3) is 11.6 Å². The van der Waals surface area contributed by atoms with E-state index in [-0.39, 0.29) is 11.8 Å². The molecular weight excluding hydrogens is 447 g/mol. The third-order valence-electron chi connectivity index (χ3n) is 3.40. The molecule has 0 atom stereocenters. The van der Waals surface area contributed by atoms with Gasteiger partial charge in [0.2, 0.25) is 0 Å². The van der Waals surface area contributed by atoms with Gasteiger partial charge in [0.25, 0.3) is 5.69 Å². The van der Waals surface area contributed by atoms with E-state index >= 15 is 0 Å². The van der Waals surface area contributed by atoms with Crippen molar-refractivity contribution in [3.05, 3.63) is 61.2 Å². The molecule has 0 bridgehead atoms. The molecule has 0 fully saturated rings. The van der Waals surface area contributed by atoms with Crippen LogP contribution in [-0.4, -0.2) is 18.1 Å². The lowest BCUT2D eigenvalue weighted by Crippen LogP contribution is -2.08. The molecule has 0 saturated carbocycles.